The number of nitrogens with one attached hydrogen (secondary N) is 2. The SMILES string of the molecule is C/C(=N\NC(=O)c1ccc(Cl)cc1Cl)c1cccc(NC(=O)c2ccc(C)s2)c1. The maximum absolute atomic E-state index is 12.3. The number of halogens is 2. The predicted molar refractivity (Wildman–Crippen MR) is 120 cm³/mol. The highest BCUT2D eigenvalue weighted by molar-refractivity contribution is 7.14. The molecule has 0 radical (unpaired) electrons. The number of benzene rings is 2. The van der Waals surface area contributed by atoms with Crippen LogP contribution in [0.2, 0.25) is 10.0 Å². The molecule has 5 nitrogen and oxygen atoms in total. The smallest absolute Gasteiger partial charge is 0.272 e. The number of hydrazone groups is 1. The van der Waals surface area contributed by atoms with E-state index in [0.717, 1.165) is 10.4 Å². The molecule has 2 amide bonds. The summed E-state index contributed by atoms with van der Waals surface area (Å²) in [5.74, 6) is -0.607. The summed E-state index contributed by atoms with van der Waals surface area (Å²) < 4.78 is 0. The zero-order valence-electron chi connectivity index (χ0n) is 15.6. The molecule has 0 saturated heterocycles. The molecule has 0 saturated carbocycles. The van der Waals surface area contributed by atoms with Gasteiger partial charge in [0, 0.05) is 15.6 Å². The van der Waals surface area contributed by atoms with Gasteiger partial charge in [0.15, 0.2) is 0 Å². The summed E-state index contributed by atoms with van der Waals surface area (Å²) in [6, 6.07) is 15.5. The molecule has 2 N–H and O–H groups in total. The second-order valence-corrected chi connectivity index (χ2v) is 8.34. The van der Waals surface area contributed by atoms with E-state index in [2.05, 4.69) is 15.8 Å². The molecule has 1 heterocycles. The van der Waals surface area contributed by atoms with Gasteiger partial charge in [-0.25, -0.2) is 5.43 Å². The van der Waals surface area contributed by atoms with Crippen molar-refractivity contribution in [3.63, 3.8) is 0 Å². The van der Waals surface area contributed by atoms with E-state index in [1.54, 1.807) is 31.2 Å². The van der Waals surface area contributed by atoms with E-state index in [9.17, 15) is 9.59 Å². The minimum Gasteiger partial charge on any atom is -0.321 e. The Hall–Kier alpha value is -2.67. The minimum absolute atomic E-state index is 0.166. The normalized spacial score (nSPS) is 11.2. The van der Waals surface area contributed by atoms with Crippen LogP contribution in [0, 0.1) is 6.92 Å². The summed E-state index contributed by atoms with van der Waals surface area (Å²) in [5, 5.41) is 7.69. The van der Waals surface area contributed by atoms with Crippen LogP contribution >= 0.6 is 34.5 Å². The van der Waals surface area contributed by atoms with Gasteiger partial charge in [0.05, 0.1) is 21.2 Å². The zero-order chi connectivity index (χ0) is 21.0. The third kappa shape index (κ3) is 5.44. The number of carbonyl (C=O) groups is 2. The average Bonchev–Trinajstić information content (AvgIpc) is 3.12. The molecule has 0 unspecified atom stereocenters. The van der Waals surface area contributed by atoms with E-state index in [-0.39, 0.29) is 16.5 Å². The largest absolute Gasteiger partial charge is 0.321 e. The Labute approximate surface area is 182 Å². The van der Waals surface area contributed by atoms with Crippen LogP contribution in [0.1, 0.15) is 37.4 Å². The molecule has 0 aliphatic rings. The quantitative estimate of drug-likeness (QED) is 0.386. The van der Waals surface area contributed by atoms with Crippen molar-refractivity contribution in [3.8, 4) is 0 Å². The summed E-state index contributed by atoms with van der Waals surface area (Å²) in [4.78, 5) is 26.3. The number of thiophene rings is 1. The lowest BCUT2D eigenvalue weighted by Gasteiger charge is -2.08. The monoisotopic (exact) mass is 445 g/mol. The van der Waals surface area contributed by atoms with Crippen molar-refractivity contribution < 1.29 is 9.59 Å². The van der Waals surface area contributed by atoms with Gasteiger partial charge >= 0.3 is 0 Å². The van der Waals surface area contributed by atoms with Crippen LogP contribution in [-0.2, 0) is 0 Å². The van der Waals surface area contributed by atoms with Gasteiger partial charge in [-0.15, -0.1) is 11.3 Å². The third-order valence-corrected chi connectivity index (χ3v) is 5.55. The van der Waals surface area contributed by atoms with Crippen LogP contribution < -0.4 is 10.7 Å². The van der Waals surface area contributed by atoms with Crippen molar-refractivity contribution in [2.75, 3.05) is 5.32 Å². The van der Waals surface area contributed by atoms with Gasteiger partial charge in [-0.3, -0.25) is 9.59 Å². The molecule has 3 aromatic rings. The number of anilines is 1. The predicted octanol–water partition coefficient (Wildman–Crippen LogP) is 5.77. The highest BCUT2D eigenvalue weighted by atomic mass is 35.5. The van der Waals surface area contributed by atoms with E-state index in [1.807, 2.05) is 25.1 Å². The summed E-state index contributed by atoms with van der Waals surface area (Å²) >= 11 is 13.3. The van der Waals surface area contributed by atoms with E-state index in [0.29, 0.717) is 21.3 Å². The highest BCUT2D eigenvalue weighted by Gasteiger charge is 2.11. The molecule has 3 rings (SSSR count). The first kappa shape index (κ1) is 21.0. The third-order valence-electron chi connectivity index (χ3n) is 4.00. The Morgan fingerprint density at radius 1 is 1.00 bits per heavy atom. The lowest BCUT2D eigenvalue weighted by Crippen LogP contribution is -2.19. The second kappa shape index (κ2) is 9.22. The first-order valence-corrected chi connectivity index (χ1v) is 10.2. The maximum Gasteiger partial charge on any atom is 0.272 e. The van der Waals surface area contributed by atoms with Gasteiger partial charge in [0.2, 0.25) is 0 Å². The van der Waals surface area contributed by atoms with Gasteiger partial charge in [-0.05, 0) is 61.9 Å². The first-order valence-electron chi connectivity index (χ1n) is 8.61. The van der Waals surface area contributed by atoms with Crippen LogP contribution in [0.15, 0.2) is 59.7 Å². The fourth-order valence-corrected chi connectivity index (χ4v) is 3.76. The lowest BCUT2D eigenvalue weighted by atomic mass is 10.1. The molecule has 0 atom stereocenters. The van der Waals surface area contributed by atoms with E-state index in [1.165, 1.54) is 23.5 Å². The van der Waals surface area contributed by atoms with Crippen molar-refractivity contribution in [2.24, 2.45) is 5.10 Å². The molecular weight excluding hydrogens is 429 g/mol. The Morgan fingerprint density at radius 2 is 1.79 bits per heavy atom. The van der Waals surface area contributed by atoms with Crippen LogP contribution in [0.25, 0.3) is 0 Å². The molecule has 8 heteroatoms. The van der Waals surface area contributed by atoms with Crippen LogP contribution in [0.3, 0.4) is 0 Å². The number of nitrogens with zero attached hydrogens (tertiary/aromatic N) is 1. The fourth-order valence-electron chi connectivity index (χ4n) is 2.50. The van der Waals surface area contributed by atoms with Gasteiger partial charge in [0.25, 0.3) is 11.8 Å². The summed E-state index contributed by atoms with van der Waals surface area (Å²) in [7, 11) is 0. The second-order valence-electron chi connectivity index (χ2n) is 6.21. The van der Waals surface area contributed by atoms with Crippen LogP contribution in [0.4, 0.5) is 5.69 Å². The molecule has 1 aromatic heterocycles. The molecule has 0 aliphatic heterocycles. The molecule has 29 heavy (non-hydrogen) atoms. The van der Waals surface area contributed by atoms with E-state index in [4.69, 9.17) is 23.2 Å². The van der Waals surface area contributed by atoms with Crippen LogP contribution in [0.5, 0.6) is 0 Å². The summed E-state index contributed by atoms with van der Waals surface area (Å²) in [6.45, 7) is 3.71. The Morgan fingerprint density at radius 3 is 2.48 bits per heavy atom. The van der Waals surface area contributed by atoms with Crippen molar-refractivity contribution in [3.05, 3.63) is 85.5 Å². The number of amides is 2. The number of aryl methyl sites for hydroxylation is 1. The van der Waals surface area contributed by atoms with Crippen molar-refractivity contribution >= 4 is 57.8 Å². The molecule has 0 fully saturated rings. The average molecular weight is 446 g/mol. The van der Waals surface area contributed by atoms with E-state index < -0.39 is 5.91 Å². The lowest BCUT2D eigenvalue weighted by molar-refractivity contribution is 0.0954. The van der Waals surface area contributed by atoms with Crippen LogP contribution in [-0.4, -0.2) is 17.5 Å². The maximum atomic E-state index is 12.3. The molecular formula is C21H17Cl2N3O2S. The van der Waals surface area contributed by atoms with E-state index >= 15 is 0 Å². The minimum atomic E-state index is -0.441. The summed E-state index contributed by atoms with van der Waals surface area (Å²) in [6.07, 6.45) is 0. The number of rotatable bonds is 5. The highest BCUT2D eigenvalue weighted by Crippen LogP contribution is 2.21. The summed E-state index contributed by atoms with van der Waals surface area (Å²) in [5.41, 5.74) is 4.73. The topological polar surface area (TPSA) is 70.6 Å². The Kier molecular flexibility index (Phi) is 6.69. The zero-order valence-corrected chi connectivity index (χ0v) is 18.0. The number of hydrogen-bond donors (Lipinski definition) is 2. The van der Waals surface area contributed by atoms with Crippen molar-refractivity contribution in [1.29, 1.82) is 0 Å². The van der Waals surface area contributed by atoms with Gasteiger partial charge in [0.1, 0.15) is 0 Å². The molecule has 148 valence electrons. The first-order chi connectivity index (χ1) is 13.8. The molecule has 0 aliphatic carbocycles. The van der Waals surface area contributed by atoms with Crippen molar-refractivity contribution in [1.82, 2.24) is 5.43 Å². The standard InChI is InChI=1S/C21H17Cl2N3O2S/c1-12-6-9-19(29-12)21(28)24-16-5-3-4-14(10-16)13(2)25-26-20(27)17-8-7-15(22)11-18(17)23/h3-11H,1-2H3,(H,24,28)(H,26,27)/b25-13+. The molecule has 0 spiro atoms. The molecule has 0 bridgehead atoms. The van der Waals surface area contributed by atoms with Crippen molar-refractivity contribution in [2.45, 2.75) is 13.8 Å². The number of hydrogen-bond acceptors (Lipinski definition) is 4. The molecule has 2 aromatic carbocycles. The van der Waals surface area contributed by atoms with Gasteiger partial charge < -0.3 is 5.32 Å². The number of carbonyl (C=O) groups excluding carboxylic acids is 2. The fraction of sp³-hybridized carbons (Fsp3) is 0.0952. The van der Waals surface area contributed by atoms with Gasteiger partial charge in [-0.2, -0.15) is 5.10 Å². The Bertz CT molecular complexity index is 1110. The Balaban J connectivity index is 1.70. The van der Waals surface area contributed by atoms with Gasteiger partial charge in [-0.1, -0.05) is 35.3 Å².